The Bertz CT molecular complexity index is 472. The molecule has 1 atom stereocenters. The Balaban J connectivity index is 2.01. The summed E-state index contributed by atoms with van der Waals surface area (Å²) in [6.45, 7) is 0.980. The molecule has 0 saturated carbocycles. The number of hydrogen-bond donors (Lipinski definition) is 2. The summed E-state index contributed by atoms with van der Waals surface area (Å²) in [4.78, 5) is 11.9. The van der Waals surface area contributed by atoms with Gasteiger partial charge in [0.1, 0.15) is 11.4 Å². The Morgan fingerprint density at radius 2 is 2.44 bits per heavy atom. The lowest BCUT2D eigenvalue weighted by atomic mass is 10.2. The third kappa shape index (κ3) is 1.18. The highest BCUT2D eigenvalue weighted by atomic mass is 16.6. The van der Waals surface area contributed by atoms with Gasteiger partial charge in [0.05, 0.1) is 4.92 Å². The van der Waals surface area contributed by atoms with Gasteiger partial charge in [-0.25, -0.2) is 5.32 Å². The molecule has 2 N–H and O–H groups in total. The first-order valence-corrected chi connectivity index (χ1v) is 4.86. The normalized spacial score (nSPS) is 21.5. The minimum Gasteiger partial charge on any atom is -0.506 e. The summed E-state index contributed by atoms with van der Waals surface area (Å²) in [6, 6.07) is 3.12. The summed E-state index contributed by atoms with van der Waals surface area (Å²) in [5.74, 6) is 1.21. The summed E-state index contributed by atoms with van der Waals surface area (Å²) < 4.78 is 5.14. The van der Waals surface area contributed by atoms with Gasteiger partial charge in [-0.15, -0.1) is 0 Å². The fraction of sp³-hybridized carbons (Fsp3) is 0.333. The van der Waals surface area contributed by atoms with Gasteiger partial charge < -0.3 is 9.84 Å². The number of anilines is 1. The van der Waals surface area contributed by atoms with E-state index in [1.54, 1.807) is 6.07 Å². The third-order valence-electron chi connectivity index (χ3n) is 2.71. The fourth-order valence-corrected chi connectivity index (χ4v) is 1.96. The molecule has 1 unspecified atom stereocenters. The highest BCUT2D eigenvalue weighted by Gasteiger charge is 2.40. The minimum atomic E-state index is -0.999. The second-order valence-electron chi connectivity index (χ2n) is 3.67. The first-order chi connectivity index (χ1) is 7.68. The molecule has 16 heavy (non-hydrogen) atoms. The van der Waals surface area contributed by atoms with Crippen LogP contribution in [0.15, 0.2) is 12.1 Å². The zero-order valence-electron chi connectivity index (χ0n) is 8.21. The van der Waals surface area contributed by atoms with Crippen LogP contribution < -0.4 is 15.0 Å². The maximum Gasteiger partial charge on any atom is 0.346 e. The number of aromatic hydroxyl groups is 1. The number of nitro groups is 1. The maximum absolute atomic E-state index is 10.8. The molecule has 0 bridgehead atoms. The molecule has 1 saturated heterocycles. The smallest absolute Gasteiger partial charge is 0.346 e. The highest BCUT2D eigenvalue weighted by Crippen LogP contribution is 2.56. The summed E-state index contributed by atoms with van der Waals surface area (Å²) in [7, 11) is 0. The zero-order valence-corrected chi connectivity index (χ0v) is 8.21. The lowest BCUT2D eigenvalue weighted by Crippen LogP contribution is -2.42. The average molecular weight is 223 g/mol. The predicted octanol–water partition coefficient (Wildman–Crippen LogP) is 0.468. The molecule has 3 rings (SSSR count). The summed E-state index contributed by atoms with van der Waals surface area (Å²) in [6.07, 6.45) is -0.999. The number of phenols is 1. The SMILES string of the molecule is O=[N+]([O-])C1NCCN1c1c(O)ccc2c1O2. The molecule has 0 spiro atoms. The average Bonchev–Trinajstić information content (AvgIpc) is 2.84. The number of nitrogens with one attached hydrogen (secondary N) is 1. The van der Waals surface area contributed by atoms with Crippen LogP contribution in [0.2, 0.25) is 0 Å². The molecule has 1 aromatic rings. The van der Waals surface area contributed by atoms with Gasteiger partial charge in [0.25, 0.3) is 0 Å². The molecular weight excluding hydrogens is 214 g/mol. The molecular formula is C9H9N3O4. The van der Waals surface area contributed by atoms with Crippen LogP contribution in [0.25, 0.3) is 0 Å². The van der Waals surface area contributed by atoms with E-state index < -0.39 is 11.2 Å². The van der Waals surface area contributed by atoms with Crippen molar-refractivity contribution in [3.8, 4) is 17.2 Å². The van der Waals surface area contributed by atoms with Crippen LogP contribution in [-0.4, -0.2) is 29.4 Å². The third-order valence-corrected chi connectivity index (χ3v) is 2.71. The van der Waals surface area contributed by atoms with E-state index in [-0.39, 0.29) is 5.75 Å². The molecule has 1 aromatic carbocycles. The molecule has 84 valence electrons. The fourth-order valence-electron chi connectivity index (χ4n) is 1.96. The van der Waals surface area contributed by atoms with E-state index in [2.05, 4.69) is 5.32 Å². The molecule has 2 aliphatic heterocycles. The highest BCUT2D eigenvalue weighted by molar-refractivity contribution is 5.79. The molecule has 0 aromatic heterocycles. The molecule has 7 nitrogen and oxygen atoms in total. The molecule has 0 amide bonds. The number of phenolic OH excluding ortho intramolecular Hbond substituents is 1. The van der Waals surface area contributed by atoms with Crippen LogP contribution >= 0.6 is 0 Å². The van der Waals surface area contributed by atoms with Crippen molar-refractivity contribution in [1.82, 2.24) is 5.32 Å². The quantitative estimate of drug-likeness (QED) is 0.437. The summed E-state index contributed by atoms with van der Waals surface area (Å²) >= 11 is 0. The van der Waals surface area contributed by atoms with Crippen molar-refractivity contribution in [3.63, 3.8) is 0 Å². The lowest BCUT2D eigenvalue weighted by Gasteiger charge is -2.18. The number of fused-ring (bicyclic) bond motifs is 1. The summed E-state index contributed by atoms with van der Waals surface area (Å²) in [5.41, 5.74) is 0.407. The van der Waals surface area contributed by atoms with Gasteiger partial charge in [0, 0.05) is 13.1 Å². The Labute approximate surface area is 90.4 Å². The Morgan fingerprint density at radius 3 is 3.19 bits per heavy atom. The van der Waals surface area contributed by atoms with Crippen LogP contribution in [0.3, 0.4) is 0 Å². The zero-order chi connectivity index (χ0) is 11.3. The van der Waals surface area contributed by atoms with Crippen molar-refractivity contribution in [2.75, 3.05) is 18.0 Å². The first-order valence-electron chi connectivity index (χ1n) is 4.86. The van der Waals surface area contributed by atoms with E-state index in [1.165, 1.54) is 11.0 Å². The monoisotopic (exact) mass is 223 g/mol. The van der Waals surface area contributed by atoms with E-state index >= 15 is 0 Å². The second kappa shape index (κ2) is 2.99. The Hall–Kier alpha value is -2.02. The van der Waals surface area contributed by atoms with Crippen molar-refractivity contribution in [1.29, 1.82) is 0 Å². The van der Waals surface area contributed by atoms with Crippen LogP contribution in [0, 0.1) is 10.1 Å². The van der Waals surface area contributed by atoms with Gasteiger partial charge in [0.2, 0.25) is 0 Å². The molecule has 0 aliphatic carbocycles. The van der Waals surface area contributed by atoms with E-state index in [9.17, 15) is 15.2 Å². The van der Waals surface area contributed by atoms with E-state index in [4.69, 9.17) is 4.74 Å². The van der Waals surface area contributed by atoms with Crippen LogP contribution in [0.1, 0.15) is 0 Å². The predicted molar refractivity (Wildman–Crippen MR) is 54.3 cm³/mol. The molecule has 7 heteroatoms. The number of rotatable bonds is 2. The molecule has 2 aliphatic rings. The van der Waals surface area contributed by atoms with Crippen LogP contribution in [0.5, 0.6) is 17.2 Å². The number of nitrogens with zero attached hydrogens (tertiary/aromatic N) is 2. The van der Waals surface area contributed by atoms with Gasteiger partial charge in [-0.1, -0.05) is 0 Å². The van der Waals surface area contributed by atoms with Crippen molar-refractivity contribution < 1.29 is 14.8 Å². The van der Waals surface area contributed by atoms with Gasteiger partial charge in [0.15, 0.2) is 11.5 Å². The second-order valence-corrected chi connectivity index (χ2v) is 3.67. The minimum absolute atomic E-state index is 0.00630. The van der Waals surface area contributed by atoms with E-state index in [0.29, 0.717) is 30.3 Å². The standard InChI is InChI=1S/C9H9N3O4/c13-5-1-2-6-8(16-6)7(5)11-4-3-10-9(11)12(14)15/h1-2,9-10,13H,3-4H2. The van der Waals surface area contributed by atoms with Crippen LogP contribution in [-0.2, 0) is 0 Å². The van der Waals surface area contributed by atoms with Crippen LogP contribution in [0.4, 0.5) is 5.69 Å². The van der Waals surface area contributed by atoms with Crippen molar-refractivity contribution in [2.24, 2.45) is 0 Å². The first kappa shape index (κ1) is 9.22. The largest absolute Gasteiger partial charge is 0.506 e. The van der Waals surface area contributed by atoms with Crippen molar-refractivity contribution >= 4 is 5.69 Å². The van der Waals surface area contributed by atoms with Crippen molar-refractivity contribution in [3.05, 3.63) is 22.2 Å². The van der Waals surface area contributed by atoms with Gasteiger partial charge in [-0.2, -0.15) is 0 Å². The Morgan fingerprint density at radius 1 is 1.62 bits per heavy atom. The van der Waals surface area contributed by atoms with Crippen molar-refractivity contribution in [2.45, 2.75) is 6.29 Å². The maximum atomic E-state index is 10.8. The molecule has 2 heterocycles. The molecule has 0 radical (unpaired) electrons. The number of benzene rings is 1. The van der Waals surface area contributed by atoms with E-state index in [1.807, 2.05) is 0 Å². The van der Waals surface area contributed by atoms with E-state index in [0.717, 1.165) is 0 Å². The molecule has 1 fully saturated rings. The van der Waals surface area contributed by atoms with Gasteiger partial charge in [-0.05, 0) is 12.1 Å². The topological polar surface area (TPSA) is 91.2 Å². The van der Waals surface area contributed by atoms with Gasteiger partial charge >= 0.3 is 6.29 Å². The number of ether oxygens (including phenoxy) is 1. The Kier molecular flexibility index (Phi) is 1.72. The lowest BCUT2D eigenvalue weighted by molar-refractivity contribution is -0.524. The number of hydrogen-bond acceptors (Lipinski definition) is 6. The summed E-state index contributed by atoms with van der Waals surface area (Å²) in [5, 5.41) is 23.3. The van der Waals surface area contributed by atoms with Gasteiger partial charge in [-0.3, -0.25) is 15.0 Å².